The molecule has 4 aromatic rings. The first kappa shape index (κ1) is 18.2. The van der Waals surface area contributed by atoms with Gasteiger partial charge in [0.1, 0.15) is 0 Å². The number of hydrogen-bond acceptors (Lipinski definition) is 6. The molecular weight excluding hydrogens is 384 g/mol. The van der Waals surface area contributed by atoms with Crippen LogP contribution in [0.25, 0.3) is 16.9 Å². The number of aromatic nitrogens is 4. The molecule has 0 saturated carbocycles. The van der Waals surface area contributed by atoms with Gasteiger partial charge in [0.15, 0.2) is 5.65 Å². The molecule has 0 aliphatic carbocycles. The Morgan fingerprint density at radius 1 is 1.03 bits per heavy atom. The number of ether oxygens (including phenoxy) is 1. The molecule has 5 rings (SSSR count). The molecule has 0 radical (unpaired) electrons. The molecule has 9 heteroatoms. The monoisotopic (exact) mass is 404 g/mol. The number of rotatable bonds is 4. The third kappa shape index (κ3) is 3.35. The molecule has 1 aliphatic rings. The van der Waals surface area contributed by atoms with Crippen molar-refractivity contribution in [2.24, 2.45) is 0 Å². The van der Waals surface area contributed by atoms with Crippen LogP contribution in [0.15, 0.2) is 64.6 Å². The smallest absolute Gasteiger partial charge is 0.325 e. The maximum absolute atomic E-state index is 12.2. The standard InChI is InChI=1S/C21H20N6O3/c28-20-16(13-23-21(29)25-20)18-6-5-17(19-22-7-8-27(18)19)24-14-1-3-15(4-2-14)26-9-11-30-12-10-26/h1-8,13,24H,9-12H2,(H2,23,25,28,29). The molecule has 30 heavy (non-hydrogen) atoms. The first-order valence-electron chi connectivity index (χ1n) is 9.67. The van der Waals surface area contributed by atoms with Gasteiger partial charge in [0.2, 0.25) is 0 Å². The third-order valence-corrected chi connectivity index (χ3v) is 5.17. The van der Waals surface area contributed by atoms with Gasteiger partial charge in [-0.1, -0.05) is 0 Å². The molecule has 0 spiro atoms. The van der Waals surface area contributed by atoms with Gasteiger partial charge in [-0.05, 0) is 36.4 Å². The molecule has 4 heterocycles. The number of hydrogen-bond donors (Lipinski definition) is 3. The second-order valence-corrected chi connectivity index (χ2v) is 7.01. The lowest BCUT2D eigenvalue weighted by Gasteiger charge is -2.29. The first-order chi connectivity index (χ1) is 14.7. The average Bonchev–Trinajstić information content (AvgIpc) is 3.26. The van der Waals surface area contributed by atoms with E-state index >= 15 is 0 Å². The van der Waals surface area contributed by atoms with Crippen LogP contribution < -0.4 is 21.5 Å². The minimum Gasteiger partial charge on any atom is -0.378 e. The fourth-order valence-corrected chi connectivity index (χ4v) is 3.66. The van der Waals surface area contributed by atoms with Crippen molar-refractivity contribution in [3.63, 3.8) is 0 Å². The van der Waals surface area contributed by atoms with Crippen molar-refractivity contribution in [3.8, 4) is 11.3 Å². The lowest BCUT2D eigenvalue weighted by molar-refractivity contribution is 0.122. The second-order valence-electron chi connectivity index (χ2n) is 7.01. The van der Waals surface area contributed by atoms with Gasteiger partial charge in [-0.15, -0.1) is 0 Å². The summed E-state index contributed by atoms with van der Waals surface area (Å²) in [5.74, 6) is 0. The van der Waals surface area contributed by atoms with Crippen molar-refractivity contribution in [2.45, 2.75) is 0 Å². The summed E-state index contributed by atoms with van der Waals surface area (Å²) < 4.78 is 7.22. The van der Waals surface area contributed by atoms with Gasteiger partial charge < -0.3 is 19.9 Å². The molecule has 3 N–H and O–H groups in total. The highest BCUT2D eigenvalue weighted by Crippen LogP contribution is 2.27. The van der Waals surface area contributed by atoms with Crippen LogP contribution in [0.1, 0.15) is 0 Å². The SMILES string of the molecule is O=c1[nH]cc(-c2ccc(Nc3ccc(N4CCOCC4)cc3)c3nccn23)c(=O)[nH]1. The van der Waals surface area contributed by atoms with E-state index in [1.807, 2.05) is 28.7 Å². The Morgan fingerprint density at radius 3 is 2.60 bits per heavy atom. The molecule has 1 aliphatic heterocycles. The first-order valence-corrected chi connectivity index (χ1v) is 9.67. The van der Waals surface area contributed by atoms with E-state index in [9.17, 15) is 9.59 Å². The number of nitrogens with zero attached hydrogens (tertiary/aromatic N) is 3. The van der Waals surface area contributed by atoms with E-state index in [2.05, 4.69) is 37.3 Å². The van der Waals surface area contributed by atoms with Gasteiger partial charge >= 0.3 is 5.69 Å². The predicted molar refractivity (Wildman–Crippen MR) is 115 cm³/mol. The zero-order chi connectivity index (χ0) is 20.5. The van der Waals surface area contributed by atoms with E-state index < -0.39 is 11.2 Å². The van der Waals surface area contributed by atoms with Crippen molar-refractivity contribution < 1.29 is 4.74 Å². The summed E-state index contributed by atoms with van der Waals surface area (Å²) in [7, 11) is 0. The van der Waals surface area contributed by atoms with E-state index in [0.717, 1.165) is 37.7 Å². The number of anilines is 3. The predicted octanol–water partition coefficient (Wildman–Crippen LogP) is 1.96. The zero-order valence-corrected chi connectivity index (χ0v) is 16.1. The lowest BCUT2D eigenvalue weighted by atomic mass is 10.2. The number of nitrogens with one attached hydrogen (secondary N) is 3. The molecule has 9 nitrogen and oxygen atoms in total. The van der Waals surface area contributed by atoms with Crippen LogP contribution in [0.5, 0.6) is 0 Å². The number of benzene rings is 1. The Bertz CT molecular complexity index is 1300. The normalized spacial score (nSPS) is 14.2. The van der Waals surface area contributed by atoms with E-state index in [4.69, 9.17) is 4.74 Å². The molecule has 0 unspecified atom stereocenters. The average molecular weight is 404 g/mol. The van der Waals surface area contributed by atoms with Crippen molar-refractivity contribution in [2.75, 3.05) is 36.5 Å². The maximum atomic E-state index is 12.2. The van der Waals surface area contributed by atoms with E-state index in [1.54, 1.807) is 12.4 Å². The topological polar surface area (TPSA) is 108 Å². The van der Waals surface area contributed by atoms with Crippen molar-refractivity contribution in [1.82, 2.24) is 19.4 Å². The van der Waals surface area contributed by atoms with Crippen LogP contribution in [-0.4, -0.2) is 45.7 Å². The summed E-state index contributed by atoms with van der Waals surface area (Å²) in [5.41, 5.74) is 3.60. The molecule has 1 saturated heterocycles. The molecule has 1 aromatic carbocycles. The summed E-state index contributed by atoms with van der Waals surface area (Å²) in [6, 6.07) is 11.9. The molecule has 0 bridgehead atoms. The summed E-state index contributed by atoms with van der Waals surface area (Å²) in [4.78, 5) is 35.0. The number of aromatic amines is 2. The van der Waals surface area contributed by atoms with Gasteiger partial charge in [0.05, 0.1) is 30.2 Å². The number of fused-ring (bicyclic) bond motifs is 1. The van der Waals surface area contributed by atoms with Crippen LogP contribution in [0.3, 0.4) is 0 Å². The van der Waals surface area contributed by atoms with Gasteiger partial charge in [0.25, 0.3) is 5.56 Å². The quantitative estimate of drug-likeness (QED) is 0.480. The van der Waals surface area contributed by atoms with Crippen molar-refractivity contribution in [3.05, 3.63) is 75.8 Å². The number of imidazole rings is 1. The summed E-state index contributed by atoms with van der Waals surface area (Å²) in [6.07, 6.45) is 4.86. The Morgan fingerprint density at radius 2 is 1.83 bits per heavy atom. The van der Waals surface area contributed by atoms with E-state index in [0.29, 0.717) is 16.9 Å². The Hall–Kier alpha value is -3.85. The van der Waals surface area contributed by atoms with Gasteiger partial charge in [-0.3, -0.25) is 14.2 Å². The van der Waals surface area contributed by atoms with Crippen LogP contribution >= 0.6 is 0 Å². The summed E-state index contributed by atoms with van der Waals surface area (Å²) in [5, 5.41) is 3.40. The van der Waals surface area contributed by atoms with Gasteiger partial charge in [0, 0.05) is 43.1 Å². The highest BCUT2D eigenvalue weighted by Gasteiger charge is 2.13. The van der Waals surface area contributed by atoms with Gasteiger partial charge in [-0.25, -0.2) is 9.78 Å². The number of pyridine rings is 1. The Balaban J connectivity index is 1.45. The summed E-state index contributed by atoms with van der Waals surface area (Å²) >= 11 is 0. The number of H-pyrrole nitrogens is 2. The maximum Gasteiger partial charge on any atom is 0.325 e. The van der Waals surface area contributed by atoms with Crippen molar-refractivity contribution >= 4 is 22.7 Å². The van der Waals surface area contributed by atoms with Crippen LogP contribution in [0.2, 0.25) is 0 Å². The Labute approximate surface area is 171 Å². The summed E-state index contributed by atoms with van der Waals surface area (Å²) in [6.45, 7) is 3.30. The minimum absolute atomic E-state index is 0.360. The second kappa shape index (κ2) is 7.53. The van der Waals surface area contributed by atoms with Crippen molar-refractivity contribution in [1.29, 1.82) is 0 Å². The fourth-order valence-electron chi connectivity index (χ4n) is 3.66. The largest absolute Gasteiger partial charge is 0.378 e. The number of morpholine rings is 1. The molecule has 3 aromatic heterocycles. The minimum atomic E-state index is -0.538. The molecule has 1 fully saturated rings. The van der Waals surface area contributed by atoms with Crippen LogP contribution in [0.4, 0.5) is 17.1 Å². The molecule has 152 valence electrons. The van der Waals surface area contributed by atoms with Gasteiger partial charge in [-0.2, -0.15) is 0 Å². The fraction of sp³-hybridized carbons (Fsp3) is 0.190. The van der Waals surface area contributed by atoms with Crippen LogP contribution in [0, 0.1) is 0 Å². The third-order valence-electron chi connectivity index (χ3n) is 5.17. The lowest BCUT2D eigenvalue weighted by Crippen LogP contribution is -2.36. The van der Waals surface area contributed by atoms with E-state index in [1.165, 1.54) is 11.9 Å². The molecule has 0 amide bonds. The zero-order valence-electron chi connectivity index (χ0n) is 16.1. The highest BCUT2D eigenvalue weighted by atomic mass is 16.5. The van der Waals surface area contributed by atoms with Crippen LogP contribution in [-0.2, 0) is 4.74 Å². The van der Waals surface area contributed by atoms with E-state index in [-0.39, 0.29) is 0 Å². The molecule has 0 atom stereocenters. The highest BCUT2D eigenvalue weighted by molar-refractivity contribution is 5.78. The molecular formula is C21H20N6O3. The Kier molecular flexibility index (Phi) is 4.56.